The van der Waals surface area contributed by atoms with Crippen LogP contribution in [0.1, 0.15) is 31.4 Å². The van der Waals surface area contributed by atoms with Crippen molar-refractivity contribution >= 4 is 27.8 Å². The predicted molar refractivity (Wildman–Crippen MR) is 131 cm³/mol. The van der Waals surface area contributed by atoms with Crippen LogP contribution in [0, 0.1) is 0 Å². The summed E-state index contributed by atoms with van der Waals surface area (Å²) < 4.78 is 33.3. The molecule has 0 amide bonds. The van der Waals surface area contributed by atoms with E-state index in [1.165, 1.54) is 0 Å². The molecule has 35 heavy (non-hydrogen) atoms. The van der Waals surface area contributed by atoms with Crippen LogP contribution >= 0.6 is 0 Å². The number of pyridine rings is 2. The quantitative estimate of drug-likeness (QED) is 0.333. The van der Waals surface area contributed by atoms with Gasteiger partial charge in [0.2, 0.25) is 0 Å². The molecular formula is C26H24F2N6O. The first kappa shape index (κ1) is 21.5. The summed E-state index contributed by atoms with van der Waals surface area (Å²) in [5.74, 6) is -1.14. The van der Waals surface area contributed by atoms with Crippen LogP contribution in [0.25, 0.3) is 33.2 Å². The highest BCUT2D eigenvalue weighted by Gasteiger charge is 2.34. The number of aromatic nitrogens is 5. The van der Waals surface area contributed by atoms with Gasteiger partial charge in [-0.05, 0) is 49.4 Å². The first-order valence-corrected chi connectivity index (χ1v) is 11.6. The highest BCUT2D eigenvalue weighted by Crippen LogP contribution is 2.34. The Hall–Kier alpha value is -4.01. The average molecular weight is 475 g/mol. The molecule has 0 bridgehead atoms. The summed E-state index contributed by atoms with van der Waals surface area (Å²) >= 11 is 0. The van der Waals surface area contributed by atoms with Crippen molar-refractivity contribution in [3.05, 3.63) is 66.6 Å². The Morgan fingerprint density at radius 3 is 2.69 bits per heavy atom. The number of benzene rings is 1. The maximum atomic E-state index is 13.5. The number of anilines is 1. The molecule has 178 valence electrons. The lowest BCUT2D eigenvalue weighted by molar-refractivity contribution is -0.0221. The van der Waals surface area contributed by atoms with E-state index in [2.05, 4.69) is 25.1 Å². The molecule has 2 N–H and O–H groups in total. The molecule has 5 aromatic rings. The zero-order valence-corrected chi connectivity index (χ0v) is 19.1. The lowest BCUT2D eigenvalue weighted by atomic mass is 10.1. The minimum atomic E-state index is -2.58. The Labute approximate surface area is 200 Å². The van der Waals surface area contributed by atoms with Gasteiger partial charge in [0.15, 0.2) is 0 Å². The molecule has 1 saturated heterocycles. The minimum absolute atomic E-state index is 0.142. The van der Waals surface area contributed by atoms with Crippen LogP contribution in [0.15, 0.2) is 61.1 Å². The summed E-state index contributed by atoms with van der Waals surface area (Å²) in [5, 5.41) is 9.52. The van der Waals surface area contributed by atoms with E-state index in [0.717, 1.165) is 44.5 Å². The SMILES string of the molecule is C[C@@H](Oc1ccc2[nH]nc(-c3ccc(N4CCC(F)(F)CC4)nc3)c2c1)c1ccnc2[nH]ccc12. The fourth-order valence-corrected chi connectivity index (χ4v) is 4.67. The van der Waals surface area contributed by atoms with Crippen molar-refractivity contribution in [2.75, 3.05) is 18.0 Å². The van der Waals surface area contributed by atoms with Crippen molar-refractivity contribution < 1.29 is 13.5 Å². The lowest BCUT2D eigenvalue weighted by Gasteiger charge is -2.32. The molecule has 1 aromatic carbocycles. The highest BCUT2D eigenvalue weighted by molar-refractivity contribution is 5.93. The van der Waals surface area contributed by atoms with E-state index < -0.39 is 5.92 Å². The monoisotopic (exact) mass is 474 g/mol. The van der Waals surface area contributed by atoms with Gasteiger partial charge >= 0.3 is 0 Å². The third-order valence-corrected chi connectivity index (χ3v) is 6.62. The third kappa shape index (κ3) is 4.07. The van der Waals surface area contributed by atoms with E-state index in [4.69, 9.17) is 4.74 Å². The van der Waals surface area contributed by atoms with Crippen LogP contribution in [0.3, 0.4) is 0 Å². The number of fused-ring (bicyclic) bond motifs is 2. The number of hydrogen-bond acceptors (Lipinski definition) is 5. The summed E-state index contributed by atoms with van der Waals surface area (Å²) in [6.07, 6.45) is 4.93. The molecule has 6 rings (SSSR count). The zero-order valence-electron chi connectivity index (χ0n) is 19.1. The molecule has 4 aromatic heterocycles. The van der Waals surface area contributed by atoms with Crippen molar-refractivity contribution in [2.45, 2.75) is 31.8 Å². The number of aromatic amines is 2. The van der Waals surface area contributed by atoms with Crippen LogP contribution in [0.4, 0.5) is 14.6 Å². The normalized spacial score (nSPS) is 16.6. The first-order valence-electron chi connectivity index (χ1n) is 11.6. The van der Waals surface area contributed by atoms with Crippen molar-refractivity contribution in [2.24, 2.45) is 0 Å². The Bertz CT molecular complexity index is 1480. The largest absolute Gasteiger partial charge is 0.486 e. The third-order valence-electron chi connectivity index (χ3n) is 6.62. The van der Waals surface area contributed by atoms with E-state index in [9.17, 15) is 8.78 Å². The molecule has 9 heteroatoms. The number of nitrogens with one attached hydrogen (secondary N) is 2. The van der Waals surface area contributed by atoms with E-state index in [0.29, 0.717) is 18.9 Å². The van der Waals surface area contributed by atoms with Gasteiger partial charge in [-0.3, -0.25) is 5.10 Å². The second kappa shape index (κ2) is 8.33. The van der Waals surface area contributed by atoms with Crippen molar-refractivity contribution in [3.63, 3.8) is 0 Å². The van der Waals surface area contributed by atoms with Gasteiger partial charge in [0, 0.05) is 66.4 Å². The minimum Gasteiger partial charge on any atom is -0.486 e. The zero-order chi connectivity index (χ0) is 24.0. The van der Waals surface area contributed by atoms with Gasteiger partial charge in [-0.25, -0.2) is 18.7 Å². The van der Waals surface area contributed by atoms with Gasteiger partial charge < -0.3 is 14.6 Å². The molecule has 0 radical (unpaired) electrons. The second-order valence-electron chi connectivity index (χ2n) is 8.93. The maximum Gasteiger partial charge on any atom is 0.251 e. The molecule has 0 aliphatic carbocycles. The van der Waals surface area contributed by atoms with Crippen LogP contribution in [-0.4, -0.2) is 44.2 Å². The van der Waals surface area contributed by atoms with Gasteiger partial charge in [-0.1, -0.05) is 0 Å². The number of alkyl halides is 2. The summed E-state index contributed by atoms with van der Waals surface area (Å²) in [4.78, 5) is 13.9. The molecular weight excluding hydrogens is 450 g/mol. The Morgan fingerprint density at radius 2 is 1.89 bits per heavy atom. The van der Waals surface area contributed by atoms with Crippen molar-refractivity contribution in [1.82, 2.24) is 25.1 Å². The van der Waals surface area contributed by atoms with E-state index in [1.807, 2.05) is 60.5 Å². The summed E-state index contributed by atoms with van der Waals surface area (Å²) in [6.45, 7) is 2.62. The fourth-order valence-electron chi connectivity index (χ4n) is 4.67. The van der Waals surface area contributed by atoms with Crippen LogP contribution in [0.5, 0.6) is 5.75 Å². The molecule has 0 saturated carbocycles. The number of piperidine rings is 1. The summed E-state index contributed by atoms with van der Waals surface area (Å²) in [6, 6.07) is 13.6. The smallest absolute Gasteiger partial charge is 0.251 e. The Morgan fingerprint density at radius 1 is 1.03 bits per heavy atom. The molecule has 0 unspecified atom stereocenters. The molecule has 1 aliphatic heterocycles. The van der Waals surface area contributed by atoms with Crippen LogP contribution in [-0.2, 0) is 0 Å². The van der Waals surface area contributed by atoms with Gasteiger partial charge in [0.25, 0.3) is 5.92 Å². The van der Waals surface area contributed by atoms with Crippen LogP contribution < -0.4 is 9.64 Å². The van der Waals surface area contributed by atoms with Gasteiger partial charge in [-0.15, -0.1) is 0 Å². The predicted octanol–water partition coefficient (Wildman–Crippen LogP) is 5.88. The second-order valence-corrected chi connectivity index (χ2v) is 8.93. The van der Waals surface area contributed by atoms with Gasteiger partial charge in [0.05, 0.1) is 5.52 Å². The van der Waals surface area contributed by atoms with E-state index in [-0.39, 0.29) is 18.9 Å². The van der Waals surface area contributed by atoms with Gasteiger partial charge in [-0.2, -0.15) is 5.10 Å². The number of halogens is 2. The summed E-state index contributed by atoms with van der Waals surface area (Å²) in [7, 11) is 0. The summed E-state index contributed by atoms with van der Waals surface area (Å²) in [5.41, 5.74) is 4.38. The lowest BCUT2D eigenvalue weighted by Crippen LogP contribution is -2.39. The number of rotatable bonds is 5. The highest BCUT2D eigenvalue weighted by atomic mass is 19.3. The van der Waals surface area contributed by atoms with E-state index in [1.54, 1.807) is 12.4 Å². The number of ether oxygens (including phenoxy) is 1. The molecule has 1 fully saturated rings. The fraction of sp³-hybridized carbons (Fsp3) is 0.269. The standard InChI is InChI=1S/C26H24F2N6O/c1-16(19-6-10-29-25-20(19)7-11-30-25)35-18-3-4-22-21(14-18)24(33-32-22)17-2-5-23(31-15-17)34-12-8-26(27,28)9-13-34/h2-7,10-11,14-16H,8-9,12-13H2,1H3,(H,29,30)(H,32,33)/t16-/m1/s1. The molecule has 7 nitrogen and oxygen atoms in total. The number of hydrogen-bond donors (Lipinski definition) is 2. The Balaban J connectivity index is 1.24. The molecule has 1 atom stereocenters. The van der Waals surface area contributed by atoms with E-state index >= 15 is 0 Å². The average Bonchev–Trinajstić information content (AvgIpc) is 3.51. The molecule has 5 heterocycles. The topological polar surface area (TPSA) is 82.7 Å². The molecule has 0 spiro atoms. The van der Waals surface area contributed by atoms with Gasteiger partial charge in [0.1, 0.15) is 29.0 Å². The molecule has 1 aliphatic rings. The van der Waals surface area contributed by atoms with Crippen LogP contribution in [0.2, 0.25) is 0 Å². The number of H-pyrrole nitrogens is 2. The maximum absolute atomic E-state index is 13.5. The first-order chi connectivity index (χ1) is 17.0. The number of nitrogens with zero attached hydrogens (tertiary/aromatic N) is 4. The van der Waals surface area contributed by atoms with Crippen molar-refractivity contribution in [1.29, 1.82) is 0 Å². The Kier molecular flexibility index (Phi) is 5.12. The van der Waals surface area contributed by atoms with Crippen molar-refractivity contribution in [3.8, 4) is 17.0 Å².